The summed E-state index contributed by atoms with van der Waals surface area (Å²) in [5.74, 6) is 1.62. The Morgan fingerprint density at radius 1 is 1.07 bits per heavy atom. The molecule has 0 aliphatic heterocycles. The lowest BCUT2D eigenvalue weighted by atomic mass is 9.68. The van der Waals surface area contributed by atoms with Crippen LogP contribution < -0.4 is 19.9 Å². The van der Waals surface area contributed by atoms with Gasteiger partial charge in [-0.15, -0.1) is 0 Å². The van der Waals surface area contributed by atoms with Crippen LogP contribution in [0, 0.1) is 6.20 Å². The number of hydrogen-bond acceptors (Lipinski definition) is 5. The van der Waals surface area contributed by atoms with Crippen LogP contribution in [0.25, 0.3) is 6.08 Å². The van der Waals surface area contributed by atoms with E-state index in [0.717, 1.165) is 16.7 Å². The monoisotopic (exact) mass is 404 g/mol. The molecule has 0 saturated heterocycles. The number of ether oxygens (including phenoxy) is 3. The lowest BCUT2D eigenvalue weighted by Gasteiger charge is -2.35. The van der Waals surface area contributed by atoms with Gasteiger partial charge < -0.3 is 19.9 Å². The summed E-state index contributed by atoms with van der Waals surface area (Å²) in [6, 6.07) is 13.2. The van der Waals surface area contributed by atoms with E-state index in [2.05, 4.69) is 17.4 Å². The number of carbonyl (C=O) groups is 1. The quantitative estimate of drug-likeness (QED) is 0.706. The molecule has 153 valence electrons. The molecular formula is C23H22N3O4. The van der Waals surface area contributed by atoms with E-state index in [4.69, 9.17) is 19.9 Å². The summed E-state index contributed by atoms with van der Waals surface area (Å²) in [6.45, 7) is 0. The molecule has 1 aromatic heterocycles. The fourth-order valence-electron chi connectivity index (χ4n) is 4.01. The molecule has 1 radical (unpaired) electrons. The molecule has 2 aromatic carbocycles. The number of methoxy groups -OCH3 is 3. The largest absolute Gasteiger partial charge is 0.493 e. The summed E-state index contributed by atoms with van der Waals surface area (Å²) in [6.07, 6.45) is 7.34. The highest BCUT2D eigenvalue weighted by molar-refractivity contribution is 5.77. The van der Waals surface area contributed by atoms with Gasteiger partial charge in [-0.3, -0.25) is 0 Å². The summed E-state index contributed by atoms with van der Waals surface area (Å²) in [7, 11) is 4.74. The predicted octanol–water partition coefficient (Wildman–Crippen LogP) is 3.19. The first-order valence-corrected chi connectivity index (χ1v) is 9.38. The van der Waals surface area contributed by atoms with Gasteiger partial charge >= 0.3 is 6.03 Å². The number of benzene rings is 2. The van der Waals surface area contributed by atoms with E-state index < -0.39 is 11.4 Å². The van der Waals surface area contributed by atoms with Crippen molar-refractivity contribution in [3.63, 3.8) is 0 Å². The molecule has 1 aliphatic rings. The third-order valence-electron chi connectivity index (χ3n) is 5.50. The number of rotatable bonds is 5. The number of amides is 1. The normalized spacial score (nSPS) is 17.3. The zero-order chi connectivity index (χ0) is 21.3. The van der Waals surface area contributed by atoms with Crippen molar-refractivity contribution in [3.8, 4) is 17.2 Å². The van der Waals surface area contributed by atoms with Gasteiger partial charge in [-0.25, -0.2) is 4.79 Å². The number of aromatic nitrogens is 2. The first kappa shape index (κ1) is 19.6. The first-order valence-electron chi connectivity index (χ1n) is 9.38. The molecule has 0 fully saturated rings. The summed E-state index contributed by atoms with van der Waals surface area (Å²) >= 11 is 0. The summed E-state index contributed by atoms with van der Waals surface area (Å²) in [5.41, 5.74) is 8.33. The average molecular weight is 404 g/mol. The third-order valence-corrected chi connectivity index (χ3v) is 5.50. The predicted molar refractivity (Wildman–Crippen MR) is 112 cm³/mol. The highest BCUT2D eigenvalue weighted by atomic mass is 16.5. The Kier molecular flexibility index (Phi) is 4.95. The van der Waals surface area contributed by atoms with Crippen LogP contribution in [0.2, 0.25) is 0 Å². The fourth-order valence-corrected chi connectivity index (χ4v) is 4.01. The minimum atomic E-state index is -0.644. The van der Waals surface area contributed by atoms with E-state index >= 15 is 0 Å². The van der Waals surface area contributed by atoms with E-state index in [9.17, 15) is 4.79 Å². The second-order valence-electron chi connectivity index (χ2n) is 6.98. The molecule has 0 spiro atoms. The van der Waals surface area contributed by atoms with Crippen molar-refractivity contribution in [1.29, 1.82) is 0 Å². The molecule has 1 atom stereocenters. The van der Waals surface area contributed by atoms with Gasteiger partial charge in [-0.05, 0) is 23.3 Å². The minimum Gasteiger partial charge on any atom is -0.493 e. The molecule has 4 rings (SSSR count). The molecule has 1 heterocycles. The van der Waals surface area contributed by atoms with Crippen LogP contribution in [0.4, 0.5) is 4.79 Å². The molecule has 30 heavy (non-hydrogen) atoms. The van der Waals surface area contributed by atoms with Crippen molar-refractivity contribution in [3.05, 3.63) is 77.1 Å². The Hall–Kier alpha value is -3.74. The van der Waals surface area contributed by atoms with Crippen LogP contribution in [0.15, 0.2) is 48.5 Å². The Balaban J connectivity index is 1.98. The molecule has 0 bridgehead atoms. The minimum absolute atomic E-state index is 0.459. The number of hydrogen-bond donors (Lipinski definition) is 1. The second-order valence-corrected chi connectivity index (χ2v) is 6.98. The van der Waals surface area contributed by atoms with Gasteiger partial charge in [-0.2, -0.15) is 9.78 Å². The van der Waals surface area contributed by atoms with Crippen LogP contribution in [-0.4, -0.2) is 37.1 Å². The molecule has 0 saturated carbocycles. The standard InChI is InChI=1S/C23H22N3O4/c1-28-19-11-17(12-20(29-2)21(19)30-3)23(16-7-5-4-6-8-16)10-9-15-14-25-26(22(24)27)18(15)13-23/h4-12H,13H2,1-3H3,(H2,24,27). The molecule has 1 aliphatic carbocycles. The van der Waals surface area contributed by atoms with Gasteiger partial charge in [0.05, 0.1) is 27.0 Å². The number of fused-ring (bicyclic) bond motifs is 1. The van der Waals surface area contributed by atoms with Crippen LogP contribution in [0.5, 0.6) is 17.2 Å². The first-order chi connectivity index (χ1) is 14.5. The van der Waals surface area contributed by atoms with Crippen molar-refractivity contribution >= 4 is 12.1 Å². The smallest absolute Gasteiger partial charge is 0.339 e. The highest BCUT2D eigenvalue weighted by Crippen LogP contribution is 2.47. The molecule has 7 nitrogen and oxygen atoms in total. The van der Waals surface area contributed by atoms with Crippen LogP contribution in [0.1, 0.15) is 22.4 Å². The van der Waals surface area contributed by atoms with Crippen molar-refractivity contribution in [1.82, 2.24) is 9.78 Å². The van der Waals surface area contributed by atoms with E-state index in [-0.39, 0.29) is 0 Å². The van der Waals surface area contributed by atoms with E-state index in [1.54, 1.807) is 21.3 Å². The molecule has 2 N–H and O–H groups in total. The zero-order valence-corrected chi connectivity index (χ0v) is 17.0. The number of allylic oxidation sites excluding steroid dienone is 1. The Morgan fingerprint density at radius 2 is 1.73 bits per heavy atom. The number of carbonyl (C=O) groups excluding carboxylic acids is 1. The van der Waals surface area contributed by atoms with E-state index in [1.807, 2.05) is 48.5 Å². The van der Waals surface area contributed by atoms with Crippen LogP contribution in [0.3, 0.4) is 0 Å². The average Bonchev–Trinajstić information content (AvgIpc) is 3.21. The van der Waals surface area contributed by atoms with Gasteiger partial charge in [0.15, 0.2) is 11.5 Å². The topological polar surface area (TPSA) is 88.6 Å². The molecular weight excluding hydrogens is 382 g/mol. The van der Waals surface area contributed by atoms with Gasteiger partial charge in [0.25, 0.3) is 0 Å². The maximum absolute atomic E-state index is 11.9. The summed E-state index contributed by atoms with van der Waals surface area (Å²) in [4.78, 5) is 11.9. The molecule has 3 aromatic rings. The highest BCUT2D eigenvalue weighted by Gasteiger charge is 2.38. The Bertz CT molecular complexity index is 1100. The molecule has 1 amide bonds. The maximum atomic E-state index is 11.9. The van der Waals surface area contributed by atoms with Crippen LogP contribution >= 0.6 is 0 Å². The maximum Gasteiger partial charge on any atom is 0.339 e. The SMILES string of the molecule is COc1cc(C2(c3ccccc3)C=Cc3[c]nn(C(N)=O)c3C2)cc(OC)c1OC. The van der Waals surface area contributed by atoms with E-state index in [1.165, 1.54) is 4.68 Å². The van der Waals surface area contributed by atoms with Gasteiger partial charge in [-0.1, -0.05) is 42.5 Å². The fraction of sp³-hybridized carbons (Fsp3) is 0.217. The second kappa shape index (κ2) is 7.59. The van der Waals surface area contributed by atoms with Gasteiger partial charge in [0, 0.05) is 17.4 Å². The molecule has 7 heteroatoms. The Labute approximate surface area is 174 Å². The van der Waals surface area contributed by atoms with Crippen molar-refractivity contribution in [2.24, 2.45) is 5.73 Å². The third kappa shape index (κ3) is 2.99. The number of primary amides is 1. The Morgan fingerprint density at radius 3 is 2.30 bits per heavy atom. The lowest BCUT2D eigenvalue weighted by molar-refractivity contribution is 0.246. The van der Waals surface area contributed by atoms with Crippen LogP contribution in [-0.2, 0) is 11.8 Å². The number of nitrogens with zero attached hydrogens (tertiary/aromatic N) is 2. The van der Waals surface area contributed by atoms with Crippen molar-refractivity contribution in [2.45, 2.75) is 11.8 Å². The van der Waals surface area contributed by atoms with Crippen molar-refractivity contribution < 1.29 is 19.0 Å². The zero-order valence-electron chi connectivity index (χ0n) is 17.0. The van der Waals surface area contributed by atoms with Crippen molar-refractivity contribution in [2.75, 3.05) is 21.3 Å². The van der Waals surface area contributed by atoms with Gasteiger partial charge in [0.2, 0.25) is 5.75 Å². The summed E-state index contributed by atoms with van der Waals surface area (Å²) in [5, 5.41) is 4.04. The number of nitrogens with two attached hydrogens (primary N) is 1. The van der Waals surface area contributed by atoms with Gasteiger partial charge in [0.1, 0.15) is 6.20 Å². The summed E-state index contributed by atoms with van der Waals surface area (Å²) < 4.78 is 17.8. The molecule has 1 unspecified atom stereocenters. The lowest BCUT2D eigenvalue weighted by Crippen LogP contribution is -2.33. The van der Waals surface area contributed by atoms with E-state index in [0.29, 0.717) is 29.4 Å².